The number of nitrogen functional groups attached to an aromatic ring is 1. The molecule has 2 aromatic rings. The third kappa shape index (κ3) is 3.49. The second-order valence-corrected chi connectivity index (χ2v) is 5.67. The summed E-state index contributed by atoms with van der Waals surface area (Å²) >= 11 is 7.47. The first kappa shape index (κ1) is 14.8. The van der Waals surface area contributed by atoms with Crippen LogP contribution in [0.5, 0.6) is 5.75 Å². The number of hydrogen-bond acceptors (Lipinski definition) is 4. The molecule has 1 aromatic carbocycles. The van der Waals surface area contributed by atoms with Crippen LogP contribution in [0.3, 0.4) is 0 Å². The molecule has 0 aliphatic heterocycles. The van der Waals surface area contributed by atoms with E-state index in [9.17, 15) is 0 Å². The van der Waals surface area contributed by atoms with E-state index in [0.29, 0.717) is 23.8 Å². The average Bonchev–Trinajstić information content (AvgIpc) is 2.84. The maximum absolute atomic E-state index is 7.53. The first-order valence-electron chi connectivity index (χ1n) is 6.32. The number of rotatable bonds is 6. The Morgan fingerprint density at radius 1 is 1.45 bits per heavy atom. The predicted octanol–water partition coefficient (Wildman–Crippen LogP) is 3.26. The molecular weight excluding hydrogens is 294 g/mol. The Hall–Kier alpha value is -1.59. The molecule has 0 radical (unpaired) electrons. The lowest BCUT2D eigenvalue weighted by atomic mass is 10.3. The summed E-state index contributed by atoms with van der Waals surface area (Å²) < 4.78 is 5.63. The molecule has 106 valence electrons. The number of aromatic nitrogens is 1. The van der Waals surface area contributed by atoms with Crippen LogP contribution in [0, 0.1) is 5.41 Å². The molecule has 1 aromatic heterocycles. The quantitative estimate of drug-likeness (QED) is 0.635. The minimum absolute atomic E-state index is 0.0811. The second kappa shape index (κ2) is 6.72. The molecule has 4 nitrogen and oxygen atoms in total. The molecule has 0 bridgehead atoms. The molecule has 0 aliphatic rings. The van der Waals surface area contributed by atoms with E-state index in [1.54, 1.807) is 6.07 Å². The zero-order chi connectivity index (χ0) is 14.5. The van der Waals surface area contributed by atoms with Crippen LogP contribution in [0.25, 0.3) is 0 Å². The molecule has 6 heteroatoms. The minimum Gasteiger partial charge on any atom is -0.492 e. The fourth-order valence-electron chi connectivity index (χ4n) is 1.77. The molecule has 0 aliphatic carbocycles. The van der Waals surface area contributed by atoms with E-state index in [2.05, 4.69) is 4.98 Å². The Balaban J connectivity index is 1.98. The Morgan fingerprint density at radius 2 is 2.20 bits per heavy atom. The summed E-state index contributed by atoms with van der Waals surface area (Å²) in [5.41, 5.74) is 6.43. The monoisotopic (exact) mass is 309 g/mol. The summed E-state index contributed by atoms with van der Waals surface area (Å²) in [6.07, 6.45) is 1.45. The van der Waals surface area contributed by atoms with Gasteiger partial charge in [-0.2, -0.15) is 0 Å². The number of benzene rings is 1. The van der Waals surface area contributed by atoms with Gasteiger partial charge >= 0.3 is 0 Å². The van der Waals surface area contributed by atoms with Gasteiger partial charge in [-0.05, 0) is 18.6 Å². The molecule has 20 heavy (non-hydrogen) atoms. The van der Waals surface area contributed by atoms with Gasteiger partial charge in [-0.1, -0.05) is 30.7 Å². The zero-order valence-corrected chi connectivity index (χ0v) is 12.7. The van der Waals surface area contributed by atoms with Crippen molar-refractivity contribution in [2.24, 2.45) is 5.73 Å². The smallest absolute Gasteiger partial charge is 0.137 e. The van der Waals surface area contributed by atoms with Crippen LogP contribution < -0.4 is 10.5 Å². The number of nitrogens with zero attached hydrogens (tertiary/aromatic N) is 1. The van der Waals surface area contributed by atoms with Gasteiger partial charge < -0.3 is 10.5 Å². The second-order valence-electron chi connectivity index (χ2n) is 4.18. The Kier molecular flexibility index (Phi) is 4.98. The summed E-state index contributed by atoms with van der Waals surface area (Å²) in [4.78, 5) is 5.25. The van der Waals surface area contributed by atoms with Crippen molar-refractivity contribution in [2.45, 2.75) is 19.8 Å². The maximum atomic E-state index is 7.53. The summed E-state index contributed by atoms with van der Waals surface area (Å²) in [6, 6.07) is 7.38. The number of aryl methyl sites for hydroxylation is 1. The lowest BCUT2D eigenvalue weighted by molar-refractivity contribution is 0.322. The van der Waals surface area contributed by atoms with E-state index in [1.165, 1.54) is 11.3 Å². The molecule has 0 fully saturated rings. The normalized spacial score (nSPS) is 10.5. The van der Waals surface area contributed by atoms with Crippen LogP contribution in [0.4, 0.5) is 0 Å². The average molecular weight is 310 g/mol. The molecule has 0 spiro atoms. The van der Waals surface area contributed by atoms with Crippen molar-refractivity contribution in [1.29, 1.82) is 5.41 Å². The first-order chi connectivity index (χ1) is 9.61. The van der Waals surface area contributed by atoms with Gasteiger partial charge in [-0.25, -0.2) is 4.98 Å². The molecule has 0 unspecified atom stereocenters. The van der Waals surface area contributed by atoms with E-state index >= 15 is 0 Å². The summed E-state index contributed by atoms with van der Waals surface area (Å²) in [7, 11) is 0. The van der Waals surface area contributed by atoms with E-state index < -0.39 is 0 Å². The van der Waals surface area contributed by atoms with Crippen molar-refractivity contribution in [2.75, 3.05) is 6.61 Å². The SMILES string of the molecule is CCc1nc(CCOc2ccccc2Cl)sc1C(=N)N. The standard InChI is InChI=1S/C14H16ClN3OS/c1-2-10-13(14(16)17)20-12(18-10)7-8-19-11-6-4-3-5-9(11)15/h3-6H,2,7-8H2,1H3,(H3,16,17). The number of halogens is 1. The lowest BCUT2D eigenvalue weighted by Gasteiger charge is -2.06. The zero-order valence-electron chi connectivity index (χ0n) is 11.1. The molecule has 0 saturated heterocycles. The topological polar surface area (TPSA) is 72.0 Å². The summed E-state index contributed by atoms with van der Waals surface area (Å²) in [6.45, 7) is 2.50. The largest absolute Gasteiger partial charge is 0.492 e. The van der Waals surface area contributed by atoms with Gasteiger partial charge in [0.25, 0.3) is 0 Å². The van der Waals surface area contributed by atoms with Crippen LogP contribution in [-0.2, 0) is 12.8 Å². The molecule has 1 heterocycles. The molecule has 0 amide bonds. The molecule has 3 N–H and O–H groups in total. The molecule has 0 saturated carbocycles. The summed E-state index contributed by atoms with van der Waals surface area (Å²) in [5, 5.41) is 9.06. The first-order valence-corrected chi connectivity index (χ1v) is 7.51. The fourth-order valence-corrected chi connectivity index (χ4v) is 2.95. The fraction of sp³-hybridized carbons (Fsp3) is 0.286. The minimum atomic E-state index is 0.0811. The number of ether oxygens (including phenoxy) is 1. The Labute approximate surface area is 127 Å². The van der Waals surface area contributed by atoms with Gasteiger partial charge in [0, 0.05) is 6.42 Å². The number of hydrogen-bond donors (Lipinski definition) is 2. The van der Waals surface area contributed by atoms with Gasteiger partial charge in [0.2, 0.25) is 0 Å². The van der Waals surface area contributed by atoms with Crippen LogP contribution in [-0.4, -0.2) is 17.4 Å². The van der Waals surface area contributed by atoms with Crippen molar-refractivity contribution in [3.8, 4) is 5.75 Å². The number of nitrogens with two attached hydrogens (primary N) is 1. The van der Waals surface area contributed by atoms with E-state index in [0.717, 1.165) is 22.0 Å². The van der Waals surface area contributed by atoms with E-state index in [-0.39, 0.29) is 5.84 Å². The van der Waals surface area contributed by atoms with Crippen LogP contribution >= 0.6 is 22.9 Å². The number of para-hydroxylation sites is 1. The van der Waals surface area contributed by atoms with Gasteiger partial charge in [0.1, 0.15) is 11.6 Å². The van der Waals surface area contributed by atoms with Crippen molar-refractivity contribution < 1.29 is 4.74 Å². The Morgan fingerprint density at radius 3 is 2.80 bits per heavy atom. The van der Waals surface area contributed by atoms with Gasteiger partial charge in [0.05, 0.1) is 27.2 Å². The Bertz CT molecular complexity index is 612. The predicted molar refractivity (Wildman–Crippen MR) is 83.2 cm³/mol. The van der Waals surface area contributed by atoms with Crippen molar-refractivity contribution >= 4 is 28.8 Å². The number of amidine groups is 1. The highest BCUT2D eigenvalue weighted by Crippen LogP contribution is 2.24. The van der Waals surface area contributed by atoms with Gasteiger partial charge in [-0.3, -0.25) is 5.41 Å². The van der Waals surface area contributed by atoms with E-state index in [1.807, 2.05) is 25.1 Å². The molecule has 0 atom stereocenters. The number of nitrogens with one attached hydrogen (secondary N) is 1. The van der Waals surface area contributed by atoms with Crippen molar-refractivity contribution in [3.63, 3.8) is 0 Å². The van der Waals surface area contributed by atoms with Crippen molar-refractivity contribution in [1.82, 2.24) is 4.98 Å². The number of thiazole rings is 1. The highest BCUT2D eigenvalue weighted by molar-refractivity contribution is 7.13. The van der Waals surface area contributed by atoms with Crippen LogP contribution in [0.15, 0.2) is 24.3 Å². The lowest BCUT2D eigenvalue weighted by Crippen LogP contribution is -2.11. The van der Waals surface area contributed by atoms with Crippen LogP contribution in [0.1, 0.15) is 22.5 Å². The highest BCUT2D eigenvalue weighted by Gasteiger charge is 2.12. The summed E-state index contributed by atoms with van der Waals surface area (Å²) in [5.74, 6) is 0.755. The van der Waals surface area contributed by atoms with Gasteiger partial charge in [0.15, 0.2) is 0 Å². The molecule has 2 rings (SSSR count). The van der Waals surface area contributed by atoms with E-state index in [4.69, 9.17) is 27.5 Å². The third-order valence-electron chi connectivity index (χ3n) is 2.73. The highest BCUT2D eigenvalue weighted by atomic mass is 35.5. The van der Waals surface area contributed by atoms with Gasteiger partial charge in [-0.15, -0.1) is 11.3 Å². The van der Waals surface area contributed by atoms with Crippen LogP contribution in [0.2, 0.25) is 5.02 Å². The molecular formula is C14H16ClN3OS. The third-order valence-corrected chi connectivity index (χ3v) is 4.23. The maximum Gasteiger partial charge on any atom is 0.137 e. The van der Waals surface area contributed by atoms with Crippen molar-refractivity contribution in [3.05, 3.63) is 44.9 Å².